The fraction of sp³-hybridized carbons (Fsp3) is 0.0667. The van der Waals surface area contributed by atoms with Gasteiger partial charge in [0.1, 0.15) is 0 Å². The zero-order chi connectivity index (χ0) is 15.2. The van der Waals surface area contributed by atoms with E-state index in [1.165, 1.54) is 19.2 Å². The van der Waals surface area contributed by atoms with Crippen molar-refractivity contribution < 1.29 is 14.5 Å². The summed E-state index contributed by atoms with van der Waals surface area (Å²) in [5.74, 6) is -0.402. The number of non-ortho nitro benzene ring substituents is 1. The van der Waals surface area contributed by atoms with Gasteiger partial charge in [-0.3, -0.25) is 15.1 Å². The third-order valence-corrected chi connectivity index (χ3v) is 2.76. The molecule has 0 fully saturated rings. The summed E-state index contributed by atoms with van der Waals surface area (Å²) in [4.78, 5) is 25.6. The summed E-state index contributed by atoms with van der Waals surface area (Å²) in [7, 11) is 1.32. The summed E-state index contributed by atoms with van der Waals surface area (Å²) < 4.78 is 4.60. The molecule has 0 unspecified atom stereocenters. The first-order valence-corrected chi connectivity index (χ1v) is 6.07. The number of carbonyl (C=O) groups is 1. The third-order valence-electron chi connectivity index (χ3n) is 2.76. The van der Waals surface area contributed by atoms with Crippen molar-refractivity contribution in [1.82, 2.24) is 0 Å². The van der Waals surface area contributed by atoms with Crippen LogP contribution in [0.3, 0.4) is 0 Å². The molecule has 0 aliphatic rings. The summed E-state index contributed by atoms with van der Waals surface area (Å²) in [5, 5.41) is 10.5. The quantitative estimate of drug-likeness (QED) is 0.374. The number of methoxy groups -OCH3 is 1. The number of esters is 1. The Morgan fingerprint density at radius 3 is 2.29 bits per heavy atom. The second-order valence-electron chi connectivity index (χ2n) is 4.15. The Hall–Kier alpha value is -3.02. The molecule has 0 aliphatic carbocycles. The van der Waals surface area contributed by atoms with Crippen LogP contribution in [0.5, 0.6) is 0 Å². The summed E-state index contributed by atoms with van der Waals surface area (Å²) in [6.45, 7) is 0. The molecular weight excluding hydrogens is 272 g/mol. The molecule has 0 atom stereocenters. The van der Waals surface area contributed by atoms with E-state index in [4.69, 9.17) is 0 Å². The first kappa shape index (κ1) is 14.4. The minimum Gasteiger partial charge on any atom is -0.465 e. The molecule has 106 valence electrons. The Balaban J connectivity index is 2.10. The van der Waals surface area contributed by atoms with E-state index in [9.17, 15) is 14.9 Å². The second-order valence-corrected chi connectivity index (χ2v) is 4.15. The average molecular weight is 284 g/mol. The molecule has 0 spiro atoms. The van der Waals surface area contributed by atoms with Crippen molar-refractivity contribution in [2.24, 2.45) is 4.99 Å². The summed E-state index contributed by atoms with van der Waals surface area (Å²) in [6.07, 6.45) is 1.59. The molecule has 0 amide bonds. The number of aliphatic imine (C=N–C) groups is 1. The number of rotatable bonds is 4. The third kappa shape index (κ3) is 3.73. The maximum atomic E-state index is 11.3. The van der Waals surface area contributed by atoms with Crippen molar-refractivity contribution in [3.8, 4) is 0 Å². The van der Waals surface area contributed by atoms with Crippen molar-refractivity contribution in [2.45, 2.75) is 0 Å². The van der Waals surface area contributed by atoms with Gasteiger partial charge in [-0.05, 0) is 42.0 Å². The van der Waals surface area contributed by atoms with Crippen LogP contribution in [0.4, 0.5) is 11.4 Å². The summed E-state index contributed by atoms with van der Waals surface area (Å²) >= 11 is 0. The maximum Gasteiger partial charge on any atom is 0.337 e. The molecule has 0 saturated heterocycles. The van der Waals surface area contributed by atoms with Gasteiger partial charge in [-0.15, -0.1) is 0 Å². The van der Waals surface area contributed by atoms with Crippen LogP contribution in [0, 0.1) is 10.1 Å². The predicted octanol–water partition coefficient (Wildman–Crippen LogP) is 3.13. The van der Waals surface area contributed by atoms with Gasteiger partial charge >= 0.3 is 5.97 Å². The van der Waals surface area contributed by atoms with Gasteiger partial charge in [0.15, 0.2) is 0 Å². The van der Waals surface area contributed by atoms with E-state index in [1.807, 2.05) is 0 Å². The number of hydrogen-bond donors (Lipinski definition) is 0. The summed E-state index contributed by atoms with van der Waals surface area (Å²) in [5.41, 5.74) is 1.90. The standard InChI is InChI=1S/C15H12N2O4/c1-21-15(18)12-4-6-13(7-5-12)16-10-11-2-8-14(9-3-11)17(19)20/h2-10H,1H3. The Bertz CT molecular complexity index is 676. The Kier molecular flexibility index (Phi) is 4.40. The molecule has 21 heavy (non-hydrogen) atoms. The van der Waals surface area contributed by atoms with Crippen LogP contribution in [0.25, 0.3) is 0 Å². The lowest BCUT2D eigenvalue weighted by Gasteiger charge is -1.99. The van der Waals surface area contributed by atoms with Crippen LogP contribution >= 0.6 is 0 Å². The minimum absolute atomic E-state index is 0.0366. The van der Waals surface area contributed by atoms with Gasteiger partial charge in [0.05, 0.1) is 23.3 Å². The lowest BCUT2D eigenvalue weighted by Crippen LogP contribution is -1.99. The molecule has 0 saturated carbocycles. The van der Waals surface area contributed by atoms with Gasteiger partial charge in [-0.2, -0.15) is 0 Å². The lowest BCUT2D eigenvalue weighted by molar-refractivity contribution is -0.384. The molecule has 0 aromatic heterocycles. The first-order chi connectivity index (χ1) is 10.1. The van der Waals surface area contributed by atoms with Gasteiger partial charge in [0.25, 0.3) is 5.69 Å². The van der Waals surface area contributed by atoms with Crippen LogP contribution in [-0.4, -0.2) is 24.2 Å². The molecule has 0 N–H and O–H groups in total. The Labute approximate surface area is 120 Å². The van der Waals surface area contributed by atoms with Crippen LogP contribution in [0.2, 0.25) is 0 Å². The van der Waals surface area contributed by atoms with Crippen LogP contribution in [0.1, 0.15) is 15.9 Å². The molecule has 6 nitrogen and oxygen atoms in total. The number of nitro benzene ring substituents is 1. The van der Waals surface area contributed by atoms with E-state index in [-0.39, 0.29) is 5.69 Å². The SMILES string of the molecule is COC(=O)c1ccc(N=Cc2ccc([N+](=O)[O-])cc2)cc1. The number of hydrogen-bond acceptors (Lipinski definition) is 5. The smallest absolute Gasteiger partial charge is 0.337 e. The molecular formula is C15H12N2O4. The fourth-order valence-corrected chi connectivity index (χ4v) is 1.63. The number of carbonyl (C=O) groups excluding carboxylic acids is 1. The molecule has 2 aromatic carbocycles. The van der Waals surface area contributed by atoms with Crippen molar-refractivity contribution in [2.75, 3.05) is 7.11 Å². The monoisotopic (exact) mass is 284 g/mol. The number of nitro groups is 1. The lowest BCUT2D eigenvalue weighted by atomic mass is 10.2. The Morgan fingerprint density at radius 1 is 1.14 bits per heavy atom. The van der Waals surface area contributed by atoms with Gasteiger partial charge in [-0.1, -0.05) is 0 Å². The van der Waals surface area contributed by atoms with E-state index in [2.05, 4.69) is 9.73 Å². The highest BCUT2D eigenvalue weighted by atomic mass is 16.6. The van der Waals surface area contributed by atoms with Crippen LogP contribution in [-0.2, 0) is 4.74 Å². The van der Waals surface area contributed by atoms with E-state index in [0.29, 0.717) is 11.3 Å². The largest absolute Gasteiger partial charge is 0.465 e. The highest BCUT2D eigenvalue weighted by Crippen LogP contribution is 2.15. The van der Waals surface area contributed by atoms with E-state index >= 15 is 0 Å². The highest BCUT2D eigenvalue weighted by Gasteiger charge is 2.04. The second kappa shape index (κ2) is 6.42. The van der Waals surface area contributed by atoms with Crippen LogP contribution in [0.15, 0.2) is 53.5 Å². The molecule has 0 heterocycles. The molecule has 2 aromatic rings. The van der Waals surface area contributed by atoms with Gasteiger partial charge in [0, 0.05) is 18.3 Å². The maximum absolute atomic E-state index is 11.3. The van der Waals surface area contributed by atoms with E-state index < -0.39 is 10.9 Å². The number of benzene rings is 2. The normalized spacial score (nSPS) is 10.5. The summed E-state index contributed by atoms with van der Waals surface area (Å²) in [6, 6.07) is 12.7. The highest BCUT2D eigenvalue weighted by molar-refractivity contribution is 5.90. The zero-order valence-electron chi connectivity index (χ0n) is 11.2. The molecule has 0 radical (unpaired) electrons. The number of ether oxygens (including phenoxy) is 1. The van der Waals surface area contributed by atoms with Gasteiger partial charge in [-0.25, -0.2) is 4.79 Å². The van der Waals surface area contributed by atoms with Crippen LogP contribution < -0.4 is 0 Å². The van der Waals surface area contributed by atoms with E-state index in [1.54, 1.807) is 42.6 Å². The predicted molar refractivity (Wildman–Crippen MR) is 78.1 cm³/mol. The van der Waals surface area contributed by atoms with Crippen molar-refractivity contribution in [3.63, 3.8) is 0 Å². The van der Waals surface area contributed by atoms with Crippen molar-refractivity contribution in [3.05, 3.63) is 69.8 Å². The minimum atomic E-state index is -0.452. The molecule has 0 bridgehead atoms. The molecule has 2 rings (SSSR count). The van der Waals surface area contributed by atoms with Gasteiger partial charge < -0.3 is 4.74 Å². The first-order valence-electron chi connectivity index (χ1n) is 6.07. The topological polar surface area (TPSA) is 81.8 Å². The van der Waals surface area contributed by atoms with Crippen molar-refractivity contribution in [1.29, 1.82) is 0 Å². The van der Waals surface area contributed by atoms with Gasteiger partial charge in [0.2, 0.25) is 0 Å². The zero-order valence-corrected chi connectivity index (χ0v) is 11.2. The number of nitrogens with zero attached hydrogens (tertiary/aromatic N) is 2. The van der Waals surface area contributed by atoms with Crippen molar-refractivity contribution >= 4 is 23.6 Å². The fourth-order valence-electron chi connectivity index (χ4n) is 1.63. The Morgan fingerprint density at radius 2 is 1.76 bits per heavy atom. The van der Waals surface area contributed by atoms with E-state index in [0.717, 1.165) is 5.56 Å². The molecule has 0 aliphatic heterocycles. The molecule has 6 heteroatoms. The average Bonchev–Trinajstić information content (AvgIpc) is 2.53.